The van der Waals surface area contributed by atoms with Crippen LogP contribution in [0.5, 0.6) is 0 Å². The molecule has 4 nitrogen and oxygen atoms in total. The van der Waals surface area contributed by atoms with E-state index in [1.54, 1.807) is 0 Å². The Morgan fingerprint density at radius 2 is 1.89 bits per heavy atom. The Kier molecular flexibility index (Phi) is 2.64. The molecule has 3 N–H and O–H groups in total. The van der Waals surface area contributed by atoms with Crippen LogP contribution in [0.3, 0.4) is 0 Å². The molecule has 1 aliphatic rings. The fourth-order valence-corrected chi connectivity index (χ4v) is 2.04. The predicted octanol–water partition coefficient (Wildman–Crippen LogP) is 1.55. The number of rotatable bonds is 2. The quantitative estimate of drug-likeness (QED) is 0.785. The maximum Gasteiger partial charge on any atom is 0.253 e. The van der Waals surface area contributed by atoms with Crippen molar-refractivity contribution in [2.24, 2.45) is 0 Å². The lowest BCUT2D eigenvalue weighted by Gasteiger charge is -2.27. The van der Waals surface area contributed by atoms with E-state index in [4.69, 9.17) is 10.5 Å². The van der Waals surface area contributed by atoms with Crippen LogP contribution in [0.4, 0.5) is 5.69 Å². The topological polar surface area (TPSA) is 64.4 Å². The number of ether oxygens (including phenoxy) is 1. The molecule has 3 rings (SSSR count). The molecule has 1 heterocycles. The van der Waals surface area contributed by atoms with Gasteiger partial charge in [-0.3, -0.25) is 4.79 Å². The van der Waals surface area contributed by atoms with Gasteiger partial charge in [0.1, 0.15) is 0 Å². The molecule has 0 unspecified atom stereocenters. The molecule has 0 aliphatic carbocycles. The van der Waals surface area contributed by atoms with Crippen molar-refractivity contribution in [1.29, 1.82) is 0 Å². The minimum absolute atomic E-state index is 0.114. The fraction of sp³-hybridized carbons (Fsp3) is 0.214. The number of benzene rings is 2. The van der Waals surface area contributed by atoms with Crippen molar-refractivity contribution in [3.8, 4) is 0 Å². The molecule has 0 radical (unpaired) electrons. The second-order valence-electron chi connectivity index (χ2n) is 4.49. The highest BCUT2D eigenvalue weighted by molar-refractivity contribution is 6.04. The standard InChI is InChI=1S/C14H14N2O2/c15-13-6-10-4-2-1-3-9(10)5-12(13)14(17)16-11-7-18-8-11/h1-6,11H,7-8,15H2,(H,16,17). The van der Waals surface area contributed by atoms with Gasteiger partial charge in [0.25, 0.3) is 5.91 Å². The van der Waals surface area contributed by atoms with Crippen molar-refractivity contribution in [2.45, 2.75) is 6.04 Å². The Labute approximate surface area is 105 Å². The van der Waals surface area contributed by atoms with Crippen molar-refractivity contribution in [3.05, 3.63) is 42.0 Å². The zero-order valence-corrected chi connectivity index (χ0v) is 9.85. The van der Waals surface area contributed by atoms with E-state index in [0.29, 0.717) is 24.5 Å². The second kappa shape index (κ2) is 4.31. The largest absolute Gasteiger partial charge is 0.398 e. The van der Waals surface area contributed by atoms with Gasteiger partial charge in [-0.1, -0.05) is 24.3 Å². The molecule has 1 aliphatic heterocycles. The van der Waals surface area contributed by atoms with Gasteiger partial charge in [0, 0.05) is 5.69 Å². The van der Waals surface area contributed by atoms with Gasteiger partial charge in [-0.2, -0.15) is 0 Å². The van der Waals surface area contributed by atoms with Crippen LogP contribution >= 0.6 is 0 Å². The van der Waals surface area contributed by atoms with Gasteiger partial charge in [-0.05, 0) is 22.9 Å². The summed E-state index contributed by atoms with van der Waals surface area (Å²) in [5.41, 5.74) is 6.96. The second-order valence-corrected chi connectivity index (χ2v) is 4.49. The number of hydrogen-bond donors (Lipinski definition) is 2. The monoisotopic (exact) mass is 242 g/mol. The molecule has 4 heteroatoms. The van der Waals surface area contributed by atoms with Crippen LogP contribution in [-0.2, 0) is 4.74 Å². The number of fused-ring (bicyclic) bond motifs is 1. The predicted molar refractivity (Wildman–Crippen MR) is 70.4 cm³/mol. The Bertz CT molecular complexity index is 606. The van der Waals surface area contributed by atoms with Crippen molar-refractivity contribution in [2.75, 3.05) is 18.9 Å². The number of nitrogen functional groups attached to an aromatic ring is 1. The summed E-state index contributed by atoms with van der Waals surface area (Å²) in [4.78, 5) is 12.1. The van der Waals surface area contributed by atoms with Crippen molar-refractivity contribution >= 4 is 22.4 Å². The van der Waals surface area contributed by atoms with E-state index in [1.165, 1.54) is 0 Å². The molecular formula is C14H14N2O2. The van der Waals surface area contributed by atoms with Gasteiger partial charge in [0.15, 0.2) is 0 Å². The third kappa shape index (κ3) is 1.91. The lowest BCUT2D eigenvalue weighted by atomic mass is 10.0. The van der Waals surface area contributed by atoms with E-state index in [1.807, 2.05) is 36.4 Å². The highest BCUT2D eigenvalue weighted by Crippen LogP contribution is 2.22. The Morgan fingerprint density at radius 1 is 1.22 bits per heavy atom. The van der Waals surface area contributed by atoms with Crippen LogP contribution < -0.4 is 11.1 Å². The highest BCUT2D eigenvalue weighted by Gasteiger charge is 2.22. The van der Waals surface area contributed by atoms with Crippen LogP contribution in [0.2, 0.25) is 0 Å². The number of nitrogens with two attached hydrogens (primary N) is 1. The lowest BCUT2D eigenvalue weighted by molar-refractivity contribution is -0.00344. The minimum atomic E-state index is -0.133. The third-order valence-corrected chi connectivity index (χ3v) is 3.14. The van der Waals surface area contributed by atoms with Gasteiger partial charge in [-0.15, -0.1) is 0 Å². The number of hydrogen-bond acceptors (Lipinski definition) is 3. The van der Waals surface area contributed by atoms with Gasteiger partial charge in [-0.25, -0.2) is 0 Å². The summed E-state index contributed by atoms with van der Waals surface area (Å²) >= 11 is 0. The molecule has 1 saturated heterocycles. The van der Waals surface area contributed by atoms with Crippen LogP contribution in [0.15, 0.2) is 36.4 Å². The van der Waals surface area contributed by atoms with E-state index in [2.05, 4.69) is 5.32 Å². The van der Waals surface area contributed by atoms with Gasteiger partial charge in [0.2, 0.25) is 0 Å². The molecule has 1 amide bonds. The molecular weight excluding hydrogens is 228 g/mol. The average molecular weight is 242 g/mol. The first-order chi connectivity index (χ1) is 8.74. The van der Waals surface area contributed by atoms with Crippen molar-refractivity contribution in [3.63, 3.8) is 0 Å². The maximum atomic E-state index is 12.1. The van der Waals surface area contributed by atoms with E-state index < -0.39 is 0 Å². The third-order valence-electron chi connectivity index (χ3n) is 3.14. The summed E-state index contributed by atoms with van der Waals surface area (Å²) in [5, 5.41) is 4.95. The first kappa shape index (κ1) is 11.0. The Hall–Kier alpha value is -2.07. The molecule has 18 heavy (non-hydrogen) atoms. The van der Waals surface area contributed by atoms with Crippen LogP contribution in [0, 0.1) is 0 Å². The molecule has 0 spiro atoms. The molecule has 0 saturated carbocycles. The molecule has 0 bridgehead atoms. The number of amides is 1. The molecule has 2 aromatic carbocycles. The van der Waals surface area contributed by atoms with Crippen LogP contribution in [-0.4, -0.2) is 25.2 Å². The summed E-state index contributed by atoms with van der Waals surface area (Å²) in [6, 6.07) is 11.6. The van der Waals surface area contributed by atoms with E-state index in [9.17, 15) is 4.79 Å². The van der Waals surface area contributed by atoms with Crippen molar-refractivity contribution in [1.82, 2.24) is 5.32 Å². The zero-order valence-electron chi connectivity index (χ0n) is 9.85. The lowest BCUT2D eigenvalue weighted by Crippen LogP contribution is -2.48. The first-order valence-corrected chi connectivity index (χ1v) is 5.91. The zero-order chi connectivity index (χ0) is 12.5. The summed E-state index contributed by atoms with van der Waals surface area (Å²) in [6.07, 6.45) is 0. The smallest absolute Gasteiger partial charge is 0.253 e. The van der Waals surface area contributed by atoms with E-state index in [0.717, 1.165) is 10.8 Å². The highest BCUT2D eigenvalue weighted by atomic mass is 16.5. The van der Waals surface area contributed by atoms with Gasteiger partial charge in [0.05, 0.1) is 24.8 Å². The number of carbonyl (C=O) groups is 1. The SMILES string of the molecule is Nc1cc2ccccc2cc1C(=O)NC1COC1. The summed E-state index contributed by atoms with van der Waals surface area (Å²) in [5.74, 6) is -0.133. The van der Waals surface area contributed by atoms with Gasteiger partial charge < -0.3 is 15.8 Å². The summed E-state index contributed by atoms with van der Waals surface area (Å²) < 4.78 is 5.03. The number of anilines is 1. The number of carbonyl (C=O) groups excluding carboxylic acids is 1. The fourth-order valence-electron chi connectivity index (χ4n) is 2.04. The Morgan fingerprint density at radius 3 is 2.50 bits per heavy atom. The maximum absolute atomic E-state index is 12.1. The summed E-state index contributed by atoms with van der Waals surface area (Å²) in [6.45, 7) is 1.17. The van der Waals surface area contributed by atoms with Crippen LogP contribution in [0.25, 0.3) is 10.8 Å². The average Bonchev–Trinajstić information content (AvgIpc) is 2.32. The summed E-state index contributed by atoms with van der Waals surface area (Å²) in [7, 11) is 0. The molecule has 92 valence electrons. The van der Waals surface area contributed by atoms with Crippen molar-refractivity contribution < 1.29 is 9.53 Å². The van der Waals surface area contributed by atoms with E-state index in [-0.39, 0.29) is 11.9 Å². The molecule has 1 fully saturated rings. The van der Waals surface area contributed by atoms with E-state index >= 15 is 0 Å². The number of nitrogens with one attached hydrogen (secondary N) is 1. The normalized spacial score (nSPS) is 15.3. The first-order valence-electron chi connectivity index (χ1n) is 5.91. The van der Waals surface area contributed by atoms with Crippen LogP contribution in [0.1, 0.15) is 10.4 Å². The molecule has 2 aromatic rings. The Balaban J connectivity index is 1.94. The molecule has 0 atom stereocenters. The molecule has 0 aromatic heterocycles. The van der Waals surface area contributed by atoms with Gasteiger partial charge >= 0.3 is 0 Å². The minimum Gasteiger partial charge on any atom is -0.398 e.